The summed E-state index contributed by atoms with van der Waals surface area (Å²) in [6, 6.07) is 3.92. The molecule has 2 saturated heterocycles. The fraction of sp³-hybridized carbons (Fsp3) is 0.412. The van der Waals surface area contributed by atoms with Crippen LogP contribution >= 0.6 is 11.3 Å². The molecule has 25 heavy (non-hydrogen) atoms. The Morgan fingerprint density at radius 1 is 1.04 bits per heavy atom. The van der Waals surface area contributed by atoms with Crippen LogP contribution < -0.4 is 9.80 Å². The summed E-state index contributed by atoms with van der Waals surface area (Å²) in [7, 11) is 0. The molecule has 2 fully saturated rings. The Hall–Kier alpha value is -2.48. The zero-order chi connectivity index (χ0) is 16.8. The van der Waals surface area contributed by atoms with E-state index in [1.807, 2.05) is 18.3 Å². The summed E-state index contributed by atoms with van der Waals surface area (Å²) in [4.78, 5) is 18.3. The van der Waals surface area contributed by atoms with Gasteiger partial charge in [-0.25, -0.2) is 19.6 Å². The van der Waals surface area contributed by atoms with E-state index in [-0.39, 0.29) is 0 Å². The third kappa shape index (κ3) is 2.66. The average Bonchev–Trinajstić information content (AvgIpc) is 3.38. The Balaban J connectivity index is 1.31. The standard InChI is InChI=1S/C17H19N7S/c1-12-10-25-17(21-12)23-8-13-6-22(7-14(13)9-23)15-5-16(19-11-18-15)24-4-2-3-20-24/h2-5,10-11,13-14H,6-9H2,1H3. The molecule has 2 unspecified atom stereocenters. The van der Waals surface area contributed by atoms with Gasteiger partial charge in [-0.15, -0.1) is 11.3 Å². The number of nitrogens with zero attached hydrogens (tertiary/aromatic N) is 7. The molecular formula is C17H19N7S. The molecule has 0 radical (unpaired) electrons. The van der Waals surface area contributed by atoms with E-state index in [4.69, 9.17) is 0 Å². The molecular weight excluding hydrogens is 334 g/mol. The van der Waals surface area contributed by atoms with Gasteiger partial charge in [0.15, 0.2) is 10.9 Å². The van der Waals surface area contributed by atoms with Gasteiger partial charge in [-0.1, -0.05) is 0 Å². The molecule has 0 N–H and O–H groups in total. The normalized spacial score (nSPS) is 22.6. The molecule has 0 bridgehead atoms. The van der Waals surface area contributed by atoms with Crippen molar-refractivity contribution >= 4 is 22.3 Å². The highest BCUT2D eigenvalue weighted by Gasteiger charge is 2.41. The first-order chi connectivity index (χ1) is 12.3. The number of anilines is 2. The number of aryl methyl sites for hydroxylation is 1. The lowest BCUT2D eigenvalue weighted by Crippen LogP contribution is -2.29. The first-order valence-electron chi connectivity index (χ1n) is 8.50. The van der Waals surface area contributed by atoms with Crippen LogP contribution in [-0.4, -0.2) is 50.9 Å². The summed E-state index contributed by atoms with van der Waals surface area (Å²) < 4.78 is 1.77. The molecule has 5 rings (SSSR count). The van der Waals surface area contributed by atoms with Gasteiger partial charge in [0, 0.05) is 61.9 Å². The number of fused-ring (bicyclic) bond motifs is 1. The van der Waals surface area contributed by atoms with E-state index in [0.717, 1.165) is 43.5 Å². The highest BCUT2D eigenvalue weighted by Crippen LogP contribution is 2.36. The Labute approximate surface area is 150 Å². The van der Waals surface area contributed by atoms with Gasteiger partial charge in [-0.3, -0.25) is 0 Å². The molecule has 0 aliphatic carbocycles. The van der Waals surface area contributed by atoms with E-state index in [1.165, 1.54) is 5.13 Å². The molecule has 0 saturated carbocycles. The molecule has 5 heterocycles. The lowest BCUT2D eigenvalue weighted by atomic mass is 10.0. The van der Waals surface area contributed by atoms with Gasteiger partial charge in [0.25, 0.3) is 0 Å². The van der Waals surface area contributed by atoms with Crippen molar-refractivity contribution < 1.29 is 0 Å². The summed E-state index contributed by atoms with van der Waals surface area (Å²) in [5.74, 6) is 3.15. The molecule has 0 amide bonds. The molecule has 2 aliphatic heterocycles. The van der Waals surface area contributed by atoms with Gasteiger partial charge in [0.1, 0.15) is 12.1 Å². The summed E-state index contributed by atoms with van der Waals surface area (Å²) in [5.41, 5.74) is 1.12. The number of thiazole rings is 1. The summed E-state index contributed by atoms with van der Waals surface area (Å²) in [6.07, 6.45) is 5.29. The number of hydrogen-bond acceptors (Lipinski definition) is 7. The van der Waals surface area contributed by atoms with Gasteiger partial charge >= 0.3 is 0 Å². The maximum absolute atomic E-state index is 4.64. The Bertz CT molecular complexity index is 861. The number of aromatic nitrogens is 5. The predicted molar refractivity (Wildman–Crippen MR) is 97.4 cm³/mol. The van der Waals surface area contributed by atoms with Gasteiger partial charge < -0.3 is 9.80 Å². The van der Waals surface area contributed by atoms with Crippen molar-refractivity contribution in [2.75, 3.05) is 36.0 Å². The van der Waals surface area contributed by atoms with Crippen LogP contribution in [0.5, 0.6) is 0 Å². The highest BCUT2D eigenvalue weighted by atomic mass is 32.1. The molecule has 7 nitrogen and oxygen atoms in total. The van der Waals surface area contributed by atoms with Gasteiger partial charge in [0.05, 0.1) is 5.69 Å². The topological polar surface area (TPSA) is 63.0 Å². The minimum Gasteiger partial charge on any atom is -0.356 e. The minimum absolute atomic E-state index is 0.673. The van der Waals surface area contributed by atoms with E-state index in [0.29, 0.717) is 11.8 Å². The lowest BCUT2D eigenvalue weighted by molar-refractivity contribution is 0.533. The SMILES string of the molecule is Cc1csc(N2CC3CN(c4cc(-n5cccn5)ncn4)CC3C2)n1. The molecule has 3 aromatic heterocycles. The molecule has 128 valence electrons. The van der Waals surface area contributed by atoms with E-state index >= 15 is 0 Å². The highest BCUT2D eigenvalue weighted by molar-refractivity contribution is 7.13. The molecule has 3 aromatic rings. The van der Waals surface area contributed by atoms with Crippen LogP contribution in [0.15, 0.2) is 36.2 Å². The van der Waals surface area contributed by atoms with Crippen LogP contribution in [0.1, 0.15) is 5.69 Å². The van der Waals surface area contributed by atoms with Crippen LogP contribution in [-0.2, 0) is 0 Å². The second-order valence-electron chi connectivity index (χ2n) is 6.79. The third-order valence-electron chi connectivity index (χ3n) is 5.06. The summed E-state index contributed by atoms with van der Waals surface area (Å²) in [6.45, 7) is 6.32. The van der Waals surface area contributed by atoms with Crippen LogP contribution in [0.3, 0.4) is 0 Å². The summed E-state index contributed by atoms with van der Waals surface area (Å²) in [5, 5.41) is 7.55. The number of hydrogen-bond donors (Lipinski definition) is 0. The molecule has 0 aromatic carbocycles. The maximum atomic E-state index is 4.64. The van der Waals surface area contributed by atoms with Crippen molar-refractivity contribution in [3.63, 3.8) is 0 Å². The van der Waals surface area contributed by atoms with Crippen LogP contribution in [0.25, 0.3) is 5.82 Å². The van der Waals surface area contributed by atoms with E-state index in [9.17, 15) is 0 Å². The van der Waals surface area contributed by atoms with Crippen molar-refractivity contribution in [3.8, 4) is 5.82 Å². The first kappa shape index (κ1) is 14.8. The monoisotopic (exact) mass is 353 g/mol. The maximum Gasteiger partial charge on any atom is 0.185 e. The van der Waals surface area contributed by atoms with Crippen molar-refractivity contribution in [2.45, 2.75) is 6.92 Å². The van der Waals surface area contributed by atoms with E-state index in [1.54, 1.807) is 28.5 Å². The molecule has 8 heteroatoms. The van der Waals surface area contributed by atoms with Crippen molar-refractivity contribution in [2.24, 2.45) is 11.8 Å². The Morgan fingerprint density at radius 2 is 1.80 bits per heavy atom. The Morgan fingerprint density at radius 3 is 2.48 bits per heavy atom. The van der Waals surface area contributed by atoms with E-state index < -0.39 is 0 Å². The average molecular weight is 353 g/mol. The molecule has 2 aliphatic rings. The zero-order valence-electron chi connectivity index (χ0n) is 14.0. The quantitative estimate of drug-likeness (QED) is 0.718. The summed E-state index contributed by atoms with van der Waals surface area (Å²) >= 11 is 1.75. The van der Waals surface area contributed by atoms with Crippen LogP contribution in [0.4, 0.5) is 10.9 Å². The minimum atomic E-state index is 0.673. The van der Waals surface area contributed by atoms with Gasteiger partial charge in [0.2, 0.25) is 0 Å². The smallest absolute Gasteiger partial charge is 0.185 e. The third-order valence-corrected chi connectivity index (χ3v) is 6.08. The second kappa shape index (κ2) is 5.80. The first-order valence-corrected chi connectivity index (χ1v) is 9.38. The Kier molecular flexibility index (Phi) is 3.44. The van der Waals surface area contributed by atoms with Crippen LogP contribution in [0, 0.1) is 18.8 Å². The second-order valence-corrected chi connectivity index (χ2v) is 7.62. The van der Waals surface area contributed by atoms with Crippen molar-refractivity contribution in [1.29, 1.82) is 0 Å². The van der Waals surface area contributed by atoms with Gasteiger partial charge in [-0.05, 0) is 13.0 Å². The zero-order valence-corrected chi connectivity index (χ0v) is 14.8. The molecule has 0 spiro atoms. The van der Waals surface area contributed by atoms with Crippen LogP contribution in [0.2, 0.25) is 0 Å². The lowest BCUT2D eigenvalue weighted by Gasteiger charge is -2.22. The largest absolute Gasteiger partial charge is 0.356 e. The molecule has 2 atom stereocenters. The van der Waals surface area contributed by atoms with Gasteiger partial charge in [-0.2, -0.15) is 5.10 Å². The fourth-order valence-electron chi connectivity index (χ4n) is 3.86. The predicted octanol–water partition coefficient (Wildman–Crippen LogP) is 2.00. The van der Waals surface area contributed by atoms with Crippen molar-refractivity contribution in [3.05, 3.63) is 41.9 Å². The fourth-order valence-corrected chi connectivity index (χ4v) is 4.69. The van der Waals surface area contributed by atoms with E-state index in [2.05, 4.69) is 42.2 Å². The van der Waals surface area contributed by atoms with Crippen molar-refractivity contribution in [1.82, 2.24) is 24.7 Å². The number of rotatable bonds is 3.